The van der Waals surface area contributed by atoms with E-state index >= 15 is 0 Å². The second-order valence-electron chi connectivity index (χ2n) is 10.5. The van der Waals surface area contributed by atoms with Gasteiger partial charge in [-0.2, -0.15) is 0 Å². The molecule has 6 heteroatoms. The molecule has 2 amide bonds. The number of carbonyl (C=O) groups excluding carboxylic acids is 2. The Kier molecular flexibility index (Phi) is 4.81. The van der Waals surface area contributed by atoms with Crippen molar-refractivity contribution in [1.82, 2.24) is 19.4 Å². The Morgan fingerprint density at radius 1 is 0.969 bits per heavy atom. The van der Waals surface area contributed by atoms with Crippen LogP contribution in [0, 0.1) is 6.92 Å². The quantitative estimate of drug-likeness (QED) is 0.723. The van der Waals surface area contributed by atoms with Gasteiger partial charge in [-0.3, -0.25) is 9.59 Å². The molecule has 4 fully saturated rings. The molecular formula is C26H34N4O2. The fourth-order valence-electron chi connectivity index (χ4n) is 6.07. The largest absolute Gasteiger partial charge is 0.336 e. The van der Waals surface area contributed by atoms with Gasteiger partial charge in [-0.15, -0.1) is 0 Å². The standard InChI is InChI=1S/C26H34N4O2/c1-16-20(17-8-9-17)14-21(18-10-11-18)24-23(16)27-25(28(24)2)26(32)29-12-13-30(22(31)15-29)19-6-4-3-5-7-19/h14,17-19H,3-13,15H2,1-2H3. The van der Waals surface area contributed by atoms with Gasteiger partial charge < -0.3 is 14.4 Å². The Balaban J connectivity index is 1.30. The molecule has 1 aromatic carbocycles. The number of fused-ring (bicyclic) bond motifs is 1. The van der Waals surface area contributed by atoms with Crippen LogP contribution < -0.4 is 0 Å². The van der Waals surface area contributed by atoms with Crippen LogP contribution in [-0.2, 0) is 11.8 Å². The van der Waals surface area contributed by atoms with Crippen LogP contribution in [0.3, 0.4) is 0 Å². The molecule has 1 aromatic heterocycles. The van der Waals surface area contributed by atoms with Gasteiger partial charge in [-0.25, -0.2) is 4.98 Å². The molecule has 6 nitrogen and oxygen atoms in total. The highest BCUT2D eigenvalue weighted by atomic mass is 16.2. The van der Waals surface area contributed by atoms with Gasteiger partial charge in [0, 0.05) is 26.2 Å². The molecule has 4 aliphatic rings. The van der Waals surface area contributed by atoms with Crippen molar-refractivity contribution < 1.29 is 9.59 Å². The summed E-state index contributed by atoms with van der Waals surface area (Å²) in [4.78, 5) is 35.1. The highest BCUT2D eigenvalue weighted by molar-refractivity contribution is 5.98. The van der Waals surface area contributed by atoms with Crippen LogP contribution in [0.15, 0.2) is 6.07 Å². The Morgan fingerprint density at radius 2 is 1.66 bits per heavy atom. The van der Waals surface area contributed by atoms with Crippen molar-refractivity contribution in [2.75, 3.05) is 19.6 Å². The number of aryl methyl sites for hydroxylation is 2. The van der Waals surface area contributed by atoms with Crippen molar-refractivity contribution in [1.29, 1.82) is 0 Å². The Morgan fingerprint density at radius 3 is 2.31 bits per heavy atom. The van der Waals surface area contributed by atoms with Gasteiger partial charge in [-0.1, -0.05) is 25.3 Å². The summed E-state index contributed by atoms with van der Waals surface area (Å²) in [6.45, 7) is 3.60. The molecule has 2 heterocycles. The van der Waals surface area contributed by atoms with Crippen LogP contribution in [-0.4, -0.2) is 56.8 Å². The van der Waals surface area contributed by atoms with Gasteiger partial charge in [-0.05, 0) is 74.0 Å². The van der Waals surface area contributed by atoms with Crippen molar-refractivity contribution in [3.05, 3.63) is 28.6 Å². The molecule has 2 aromatic rings. The van der Waals surface area contributed by atoms with Gasteiger partial charge in [0.2, 0.25) is 5.91 Å². The maximum absolute atomic E-state index is 13.5. The third-order valence-electron chi connectivity index (χ3n) is 8.25. The highest BCUT2D eigenvalue weighted by Crippen LogP contribution is 2.49. The van der Waals surface area contributed by atoms with Crippen LogP contribution >= 0.6 is 0 Å². The first kappa shape index (κ1) is 20.3. The molecule has 0 bridgehead atoms. The van der Waals surface area contributed by atoms with Crippen molar-refractivity contribution in [3.8, 4) is 0 Å². The lowest BCUT2D eigenvalue weighted by Gasteiger charge is -2.40. The monoisotopic (exact) mass is 434 g/mol. The average molecular weight is 435 g/mol. The Bertz CT molecular complexity index is 1090. The molecule has 1 aliphatic heterocycles. The summed E-state index contributed by atoms with van der Waals surface area (Å²) in [7, 11) is 1.98. The van der Waals surface area contributed by atoms with E-state index in [1.807, 2.05) is 16.5 Å². The number of carbonyl (C=O) groups is 2. The fourth-order valence-corrected chi connectivity index (χ4v) is 6.07. The smallest absolute Gasteiger partial charge is 0.290 e. The number of amides is 2. The molecule has 6 rings (SSSR count). The van der Waals surface area contributed by atoms with E-state index in [-0.39, 0.29) is 18.4 Å². The number of rotatable bonds is 4. The number of aromatic nitrogens is 2. The fraction of sp³-hybridized carbons (Fsp3) is 0.654. The maximum Gasteiger partial charge on any atom is 0.290 e. The van der Waals surface area contributed by atoms with Gasteiger partial charge in [0.15, 0.2) is 5.82 Å². The predicted octanol–water partition coefficient (Wildman–Crippen LogP) is 4.25. The first-order valence-electron chi connectivity index (χ1n) is 12.6. The molecule has 1 saturated heterocycles. The predicted molar refractivity (Wildman–Crippen MR) is 124 cm³/mol. The summed E-state index contributed by atoms with van der Waals surface area (Å²) in [5, 5.41) is 0. The number of hydrogen-bond acceptors (Lipinski definition) is 3. The minimum Gasteiger partial charge on any atom is -0.336 e. The molecule has 0 spiro atoms. The molecule has 0 unspecified atom stereocenters. The minimum absolute atomic E-state index is 0.0983. The highest BCUT2D eigenvalue weighted by Gasteiger charge is 2.36. The molecule has 32 heavy (non-hydrogen) atoms. The molecule has 0 N–H and O–H groups in total. The van der Waals surface area contributed by atoms with Crippen molar-refractivity contribution in [2.24, 2.45) is 7.05 Å². The number of hydrogen-bond donors (Lipinski definition) is 0. The summed E-state index contributed by atoms with van der Waals surface area (Å²) < 4.78 is 2.01. The van der Waals surface area contributed by atoms with Crippen LogP contribution in [0.25, 0.3) is 11.0 Å². The van der Waals surface area contributed by atoms with Crippen LogP contribution in [0.4, 0.5) is 0 Å². The lowest BCUT2D eigenvalue weighted by molar-refractivity contribution is -0.138. The van der Waals surface area contributed by atoms with E-state index < -0.39 is 0 Å². The molecular weight excluding hydrogens is 400 g/mol. The van der Waals surface area contributed by atoms with Crippen LogP contribution in [0.1, 0.15) is 96.9 Å². The van der Waals surface area contributed by atoms with E-state index in [1.165, 1.54) is 61.6 Å². The van der Waals surface area contributed by atoms with Gasteiger partial charge in [0.25, 0.3) is 5.91 Å². The Labute approximate surface area is 190 Å². The first-order valence-corrected chi connectivity index (χ1v) is 12.6. The number of nitrogens with zero attached hydrogens (tertiary/aromatic N) is 4. The summed E-state index contributed by atoms with van der Waals surface area (Å²) in [6.07, 6.45) is 10.9. The van der Waals surface area contributed by atoms with E-state index in [9.17, 15) is 9.59 Å². The molecule has 3 aliphatic carbocycles. The van der Waals surface area contributed by atoms with E-state index in [2.05, 4.69) is 13.0 Å². The SMILES string of the molecule is Cc1c(C2CC2)cc(C2CC2)c2c1nc(C(=O)N1CCN(C3CCCCC3)C(=O)C1)n2C. The molecule has 0 atom stereocenters. The molecule has 0 radical (unpaired) electrons. The second kappa shape index (κ2) is 7.60. The third kappa shape index (κ3) is 3.34. The molecule has 170 valence electrons. The average Bonchev–Trinajstić information content (AvgIpc) is 3.72. The Hall–Kier alpha value is -2.37. The summed E-state index contributed by atoms with van der Waals surface area (Å²) in [6, 6.07) is 2.78. The van der Waals surface area contributed by atoms with Crippen molar-refractivity contribution in [3.63, 3.8) is 0 Å². The van der Waals surface area contributed by atoms with E-state index in [0.717, 1.165) is 23.9 Å². The molecule has 3 saturated carbocycles. The summed E-state index contributed by atoms with van der Waals surface area (Å²) >= 11 is 0. The number of benzene rings is 1. The number of piperazine rings is 1. The summed E-state index contributed by atoms with van der Waals surface area (Å²) in [5.74, 6) is 1.76. The minimum atomic E-state index is -0.102. The topological polar surface area (TPSA) is 58.4 Å². The van der Waals surface area contributed by atoms with E-state index in [4.69, 9.17) is 4.98 Å². The lowest BCUT2D eigenvalue weighted by Crippen LogP contribution is -2.56. The van der Waals surface area contributed by atoms with E-state index in [0.29, 0.717) is 36.8 Å². The van der Waals surface area contributed by atoms with Gasteiger partial charge in [0.1, 0.15) is 6.54 Å². The lowest BCUT2D eigenvalue weighted by atomic mass is 9.93. The maximum atomic E-state index is 13.5. The second-order valence-corrected chi connectivity index (χ2v) is 10.5. The van der Waals surface area contributed by atoms with Crippen molar-refractivity contribution >= 4 is 22.8 Å². The first-order chi connectivity index (χ1) is 15.5. The van der Waals surface area contributed by atoms with Crippen molar-refractivity contribution in [2.45, 2.75) is 82.6 Å². The van der Waals surface area contributed by atoms with Gasteiger partial charge in [0.05, 0.1) is 11.0 Å². The van der Waals surface area contributed by atoms with E-state index in [1.54, 1.807) is 4.90 Å². The summed E-state index contributed by atoms with van der Waals surface area (Å²) in [5.41, 5.74) is 6.17. The van der Waals surface area contributed by atoms with Crippen LogP contribution in [0.5, 0.6) is 0 Å². The van der Waals surface area contributed by atoms with Gasteiger partial charge >= 0.3 is 0 Å². The zero-order chi connectivity index (χ0) is 22.0. The number of imidazole rings is 1. The van der Waals surface area contributed by atoms with Crippen LogP contribution in [0.2, 0.25) is 0 Å². The normalized spacial score (nSPS) is 22.8. The zero-order valence-corrected chi connectivity index (χ0v) is 19.4. The third-order valence-corrected chi connectivity index (χ3v) is 8.25. The zero-order valence-electron chi connectivity index (χ0n) is 19.4.